The molecule has 2 saturated heterocycles. The number of nitrogens with zero attached hydrogens (tertiary/aromatic N) is 3. The Kier molecular flexibility index (Phi) is 3.56. The molecule has 3 rings (SSSR count). The number of rotatable bonds is 2. The smallest absolute Gasteiger partial charge is 0.246 e. The molecule has 1 amide bonds. The summed E-state index contributed by atoms with van der Waals surface area (Å²) in [4.78, 5) is 14.5. The number of likely N-dealkylation sites (tertiary alicyclic amines) is 1. The monoisotopic (exact) mass is 326 g/mol. The maximum Gasteiger partial charge on any atom is 0.246 e. The van der Waals surface area contributed by atoms with Crippen molar-refractivity contribution >= 4 is 15.9 Å². The van der Waals surface area contributed by atoms with Gasteiger partial charge in [0.25, 0.3) is 0 Å². The molecule has 122 valence electrons. The number of sulfonamides is 1. The van der Waals surface area contributed by atoms with Crippen LogP contribution in [0.4, 0.5) is 0 Å². The summed E-state index contributed by atoms with van der Waals surface area (Å²) in [5.41, 5.74) is 0.488. The molecule has 1 atom stereocenters. The van der Waals surface area contributed by atoms with Crippen molar-refractivity contribution in [2.45, 2.75) is 38.0 Å². The molecule has 0 aromatic carbocycles. The maximum absolute atomic E-state index is 12.9. The van der Waals surface area contributed by atoms with Crippen molar-refractivity contribution < 1.29 is 13.2 Å². The van der Waals surface area contributed by atoms with Gasteiger partial charge in [-0.05, 0) is 33.1 Å². The van der Waals surface area contributed by atoms with Gasteiger partial charge in [-0.15, -0.1) is 0 Å². The van der Waals surface area contributed by atoms with Gasteiger partial charge in [0, 0.05) is 26.7 Å². The number of piperidine rings is 1. The Morgan fingerprint density at radius 1 is 1.23 bits per heavy atom. The van der Waals surface area contributed by atoms with Crippen LogP contribution in [-0.2, 0) is 14.8 Å². The third-order valence-electron chi connectivity index (χ3n) is 4.93. The second-order valence-corrected chi connectivity index (χ2v) is 8.34. The van der Waals surface area contributed by atoms with E-state index < -0.39 is 15.4 Å². The maximum atomic E-state index is 12.9. The van der Waals surface area contributed by atoms with E-state index in [2.05, 4.69) is 10.2 Å². The molecule has 3 heterocycles. The number of aromatic amines is 1. The van der Waals surface area contributed by atoms with Crippen molar-refractivity contribution in [1.29, 1.82) is 0 Å². The van der Waals surface area contributed by atoms with Crippen molar-refractivity contribution in [2.24, 2.45) is 5.41 Å². The zero-order valence-electron chi connectivity index (χ0n) is 13.2. The average molecular weight is 326 g/mol. The number of aromatic nitrogens is 2. The highest BCUT2D eigenvalue weighted by atomic mass is 32.2. The SMILES string of the molecule is Cc1n[nH]c(C)c1S(=O)(=O)N1CCC2(CCCN(C)C2=O)C1. The van der Waals surface area contributed by atoms with Crippen LogP contribution in [0.15, 0.2) is 4.90 Å². The summed E-state index contributed by atoms with van der Waals surface area (Å²) in [5.74, 6) is 0.0806. The minimum atomic E-state index is -3.60. The predicted molar refractivity (Wildman–Crippen MR) is 80.7 cm³/mol. The molecule has 2 aliphatic heterocycles. The molecule has 0 bridgehead atoms. The van der Waals surface area contributed by atoms with Crippen LogP contribution in [0.3, 0.4) is 0 Å². The van der Waals surface area contributed by atoms with Gasteiger partial charge in [0.2, 0.25) is 15.9 Å². The van der Waals surface area contributed by atoms with Gasteiger partial charge in [-0.3, -0.25) is 9.89 Å². The lowest BCUT2D eigenvalue weighted by atomic mass is 9.78. The number of carbonyl (C=O) groups excluding carboxylic acids is 1. The van der Waals surface area contributed by atoms with Crippen molar-refractivity contribution in [3.8, 4) is 0 Å². The van der Waals surface area contributed by atoms with E-state index in [0.717, 1.165) is 19.4 Å². The zero-order chi connectivity index (χ0) is 16.1. The van der Waals surface area contributed by atoms with Gasteiger partial charge in [-0.25, -0.2) is 8.42 Å². The first kappa shape index (κ1) is 15.5. The Morgan fingerprint density at radius 2 is 1.95 bits per heavy atom. The quantitative estimate of drug-likeness (QED) is 0.865. The highest BCUT2D eigenvalue weighted by Gasteiger charge is 2.50. The fourth-order valence-electron chi connectivity index (χ4n) is 3.74. The van der Waals surface area contributed by atoms with Crippen molar-refractivity contribution in [1.82, 2.24) is 19.4 Å². The molecule has 1 spiro atoms. The highest BCUT2D eigenvalue weighted by molar-refractivity contribution is 7.89. The van der Waals surface area contributed by atoms with E-state index in [-0.39, 0.29) is 17.3 Å². The van der Waals surface area contributed by atoms with Gasteiger partial charge < -0.3 is 4.90 Å². The molecule has 1 N–H and O–H groups in total. The van der Waals surface area contributed by atoms with Gasteiger partial charge >= 0.3 is 0 Å². The standard InChI is InChI=1S/C14H22N4O3S/c1-10-12(11(2)16-15-10)22(20,21)18-8-6-14(9-18)5-4-7-17(3)13(14)19/h4-9H2,1-3H3,(H,15,16). The van der Waals surface area contributed by atoms with Crippen LogP contribution in [-0.4, -0.2) is 60.4 Å². The molecule has 1 aromatic rings. The van der Waals surface area contributed by atoms with E-state index in [4.69, 9.17) is 0 Å². The Hall–Kier alpha value is -1.41. The van der Waals surface area contributed by atoms with Crippen LogP contribution in [0.5, 0.6) is 0 Å². The van der Waals surface area contributed by atoms with E-state index in [1.54, 1.807) is 25.8 Å². The van der Waals surface area contributed by atoms with Gasteiger partial charge in [-0.2, -0.15) is 9.40 Å². The predicted octanol–water partition coefficient (Wildman–Crippen LogP) is 0.660. The summed E-state index contributed by atoms with van der Waals surface area (Å²) in [6.45, 7) is 4.82. The minimum Gasteiger partial charge on any atom is -0.345 e. The molecule has 7 nitrogen and oxygen atoms in total. The number of carbonyl (C=O) groups is 1. The van der Waals surface area contributed by atoms with Gasteiger partial charge in [0.1, 0.15) is 4.90 Å². The van der Waals surface area contributed by atoms with E-state index in [1.165, 1.54) is 4.31 Å². The van der Waals surface area contributed by atoms with Gasteiger partial charge in [-0.1, -0.05) is 0 Å². The van der Waals surface area contributed by atoms with Crippen LogP contribution >= 0.6 is 0 Å². The Labute approximate surface area is 130 Å². The number of hydrogen-bond acceptors (Lipinski definition) is 4. The lowest BCUT2D eigenvalue weighted by Crippen LogP contribution is -2.48. The molecule has 0 saturated carbocycles. The normalized spacial score (nSPS) is 27.0. The number of H-pyrrole nitrogens is 1. The van der Waals surface area contributed by atoms with Crippen LogP contribution in [0.25, 0.3) is 0 Å². The summed E-state index contributed by atoms with van der Waals surface area (Å²) < 4.78 is 27.2. The minimum absolute atomic E-state index is 0.0806. The lowest BCUT2D eigenvalue weighted by Gasteiger charge is -2.37. The van der Waals surface area contributed by atoms with Gasteiger partial charge in [0.15, 0.2) is 0 Å². The van der Waals surface area contributed by atoms with Crippen molar-refractivity contribution in [2.75, 3.05) is 26.7 Å². The van der Waals surface area contributed by atoms with Crippen LogP contribution in [0, 0.1) is 19.3 Å². The molecule has 2 aliphatic rings. The largest absolute Gasteiger partial charge is 0.345 e. The second-order valence-electron chi connectivity index (χ2n) is 6.46. The lowest BCUT2D eigenvalue weighted by molar-refractivity contribution is -0.143. The Bertz CT molecular complexity index is 692. The molecular formula is C14H22N4O3S. The van der Waals surface area contributed by atoms with E-state index >= 15 is 0 Å². The molecule has 1 aromatic heterocycles. The number of aryl methyl sites for hydroxylation is 2. The Balaban J connectivity index is 1.91. The molecule has 2 fully saturated rings. The second kappa shape index (κ2) is 5.06. The molecule has 8 heteroatoms. The molecule has 1 unspecified atom stereocenters. The third-order valence-corrected chi connectivity index (χ3v) is 7.04. The third kappa shape index (κ3) is 2.16. The molecular weight excluding hydrogens is 304 g/mol. The van der Waals surface area contributed by atoms with Gasteiger partial charge in [0.05, 0.1) is 16.8 Å². The first-order valence-corrected chi connectivity index (χ1v) is 8.99. The summed E-state index contributed by atoms with van der Waals surface area (Å²) in [6.07, 6.45) is 2.30. The first-order chi connectivity index (χ1) is 10.3. The summed E-state index contributed by atoms with van der Waals surface area (Å²) >= 11 is 0. The van der Waals surface area contributed by atoms with Crippen molar-refractivity contribution in [3.05, 3.63) is 11.4 Å². The van der Waals surface area contributed by atoms with Crippen LogP contribution in [0.1, 0.15) is 30.7 Å². The Morgan fingerprint density at radius 3 is 2.59 bits per heavy atom. The van der Waals surface area contributed by atoms with E-state index in [9.17, 15) is 13.2 Å². The van der Waals surface area contributed by atoms with Crippen LogP contribution in [0.2, 0.25) is 0 Å². The fourth-order valence-corrected chi connectivity index (χ4v) is 5.59. The summed E-state index contributed by atoms with van der Waals surface area (Å²) in [7, 11) is -1.81. The fraction of sp³-hybridized carbons (Fsp3) is 0.714. The molecule has 0 aliphatic carbocycles. The average Bonchev–Trinajstić information content (AvgIpc) is 3.02. The zero-order valence-corrected chi connectivity index (χ0v) is 14.0. The molecule has 0 radical (unpaired) electrons. The topological polar surface area (TPSA) is 86.4 Å². The summed E-state index contributed by atoms with van der Waals surface area (Å²) in [6, 6.07) is 0. The van der Waals surface area contributed by atoms with Crippen LogP contribution < -0.4 is 0 Å². The first-order valence-electron chi connectivity index (χ1n) is 7.55. The number of amides is 1. The van der Waals surface area contributed by atoms with E-state index in [1.807, 2.05) is 0 Å². The van der Waals surface area contributed by atoms with E-state index in [0.29, 0.717) is 24.4 Å². The van der Waals surface area contributed by atoms with Crippen molar-refractivity contribution in [3.63, 3.8) is 0 Å². The highest BCUT2D eigenvalue weighted by Crippen LogP contribution is 2.41. The summed E-state index contributed by atoms with van der Waals surface area (Å²) in [5, 5.41) is 6.70. The molecule has 22 heavy (non-hydrogen) atoms. The number of hydrogen-bond donors (Lipinski definition) is 1. The number of nitrogens with one attached hydrogen (secondary N) is 1.